The lowest BCUT2D eigenvalue weighted by Crippen LogP contribution is -2.69. The fraction of sp³-hybridized carbons (Fsp3) is 0.784. The Hall–Kier alpha value is -0.762. The summed E-state index contributed by atoms with van der Waals surface area (Å²) >= 11 is 3.47. The summed E-state index contributed by atoms with van der Waals surface area (Å²) in [5.41, 5.74) is 0.486. The van der Waals surface area contributed by atoms with Crippen molar-refractivity contribution in [3.05, 3.63) is 59.1 Å². The van der Waals surface area contributed by atoms with Crippen molar-refractivity contribution in [2.45, 2.75) is 249 Å². The molecule has 3 rings (SSSR count). The number of fused-ring (bicyclic) bond motifs is 1. The minimum absolute atomic E-state index is 0.0273. The second-order valence-electron chi connectivity index (χ2n) is 23.5. The van der Waals surface area contributed by atoms with Crippen molar-refractivity contribution >= 4 is 55.2 Å². The van der Waals surface area contributed by atoms with Crippen molar-refractivity contribution in [3.8, 4) is 0 Å². The van der Waals surface area contributed by atoms with Crippen LogP contribution in [-0.2, 0) is 31.9 Å². The third-order valence-electron chi connectivity index (χ3n) is 15.6. The minimum atomic E-state index is -2.47. The molecule has 0 radical (unpaired) electrons. The number of aliphatic hydroxyl groups excluding tert-OH is 1. The number of halogens is 1. The maximum Gasteiger partial charge on any atom is 0.338 e. The number of rotatable bonds is 23. The molecule has 65 heavy (non-hydrogen) atoms. The van der Waals surface area contributed by atoms with Gasteiger partial charge in [0.25, 0.3) is 0 Å². The molecule has 1 aromatic rings. The van der Waals surface area contributed by atoms with Gasteiger partial charge in [-0.15, -0.1) is 0 Å². The minimum Gasteiger partial charge on any atom is -0.458 e. The highest BCUT2D eigenvalue weighted by atomic mass is 79.9. The van der Waals surface area contributed by atoms with E-state index in [1.807, 2.05) is 30.4 Å². The van der Waals surface area contributed by atoms with E-state index in [1.54, 1.807) is 12.1 Å². The zero-order valence-electron chi connectivity index (χ0n) is 44.1. The van der Waals surface area contributed by atoms with Crippen LogP contribution < -0.4 is 0 Å². The van der Waals surface area contributed by atoms with Crippen molar-refractivity contribution in [1.82, 2.24) is 0 Å². The van der Waals surface area contributed by atoms with Gasteiger partial charge in [0, 0.05) is 13.0 Å². The van der Waals surface area contributed by atoms with Crippen LogP contribution in [0.4, 0.5) is 0 Å². The van der Waals surface area contributed by atoms with E-state index in [9.17, 15) is 9.90 Å². The standard InChI is InChI=1S/C51H93BrO9Si4/c1-20-65(21-2,22-3)55-35-34-40-31-33-42-44(56-40)46(60-63(16,17)50(8,9)10)47(61-64(18,19)51(11,12)13)45(58-42)43(59-62(14,15)49(5,6)7)32-29-39(53)28-30-41(36-37(4)52)57-48(54)38-26-24-23-25-27-38/h23-27,29,32,39-47,53H,4,20-22,28,30-31,33-36H2,1-3,5-19H3/b32-29+/t39?,40-,41?,42+,43?,44+,45+,46+,47-/m1/s1. The van der Waals surface area contributed by atoms with Crippen molar-refractivity contribution in [3.63, 3.8) is 0 Å². The van der Waals surface area contributed by atoms with Crippen LogP contribution in [0.2, 0.25) is 72.5 Å². The third-order valence-corrected chi connectivity index (χ3v) is 34.1. The summed E-state index contributed by atoms with van der Waals surface area (Å²) in [6.45, 7) is 45.8. The molecule has 0 spiro atoms. The van der Waals surface area contributed by atoms with Crippen molar-refractivity contribution in [1.29, 1.82) is 0 Å². The van der Waals surface area contributed by atoms with Gasteiger partial charge in [-0.25, -0.2) is 4.79 Å². The molecule has 1 aromatic carbocycles. The fourth-order valence-corrected chi connectivity index (χ4v) is 14.8. The smallest absolute Gasteiger partial charge is 0.338 e. The number of esters is 1. The number of carbonyl (C=O) groups is 1. The van der Waals surface area contributed by atoms with E-state index in [-0.39, 0.29) is 33.4 Å². The lowest BCUT2D eigenvalue weighted by molar-refractivity contribution is -0.267. The van der Waals surface area contributed by atoms with Gasteiger partial charge in [-0.3, -0.25) is 0 Å². The van der Waals surface area contributed by atoms with E-state index in [0.717, 1.165) is 41.9 Å². The summed E-state index contributed by atoms with van der Waals surface area (Å²) in [5.74, 6) is -0.397. The van der Waals surface area contributed by atoms with Crippen LogP contribution in [0.25, 0.3) is 0 Å². The average Bonchev–Trinajstić information content (AvgIpc) is 3.19. The van der Waals surface area contributed by atoms with Crippen LogP contribution in [0.15, 0.2) is 53.5 Å². The fourth-order valence-electron chi connectivity index (χ4n) is 7.89. The normalized spacial score (nSPS) is 24.4. The Morgan fingerprint density at radius 2 is 1.34 bits per heavy atom. The zero-order valence-corrected chi connectivity index (χ0v) is 49.7. The monoisotopic (exact) mass is 1040 g/mol. The molecular formula is C51H93BrO9Si4. The van der Waals surface area contributed by atoms with Crippen LogP contribution in [0.5, 0.6) is 0 Å². The molecule has 14 heteroatoms. The summed E-state index contributed by atoms with van der Waals surface area (Å²) in [6.07, 6.45) is 3.79. The lowest BCUT2D eigenvalue weighted by atomic mass is 9.87. The first-order valence-electron chi connectivity index (χ1n) is 24.8. The van der Waals surface area contributed by atoms with Gasteiger partial charge < -0.3 is 37.0 Å². The van der Waals surface area contributed by atoms with Gasteiger partial charge in [0.1, 0.15) is 30.5 Å². The Morgan fingerprint density at radius 3 is 1.85 bits per heavy atom. The van der Waals surface area contributed by atoms with Gasteiger partial charge in [-0.2, -0.15) is 0 Å². The highest BCUT2D eigenvalue weighted by molar-refractivity contribution is 9.11. The molecule has 374 valence electrons. The first kappa shape index (κ1) is 58.6. The number of ether oxygens (including phenoxy) is 3. The van der Waals surface area contributed by atoms with Crippen LogP contribution in [0.3, 0.4) is 0 Å². The SMILES string of the molecule is C=C(Br)CC(CCC(O)/C=C/C(O[Si](C)(C)C(C)(C)C)[C@@H]1O[C@H]2CC[C@H](CCO[Si](CC)(CC)CC)O[C@@H]2[C@H](O[Si](C)(C)C(C)(C)C)[C@@H]1O[Si](C)(C)C(C)(C)C)OC(=O)c1ccccc1. The molecule has 0 amide bonds. The Morgan fingerprint density at radius 1 is 0.800 bits per heavy atom. The summed E-state index contributed by atoms with van der Waals surface area (Å²) in [6, 6.07) is 12.4. The quantitative estimate of drug-likeness (QED) is 0.0652. The van der Waals surface area contributed by atoms with E-state index in [4.69, 9.17) is 31.9 Å². The largest absolute Gasteiger partial charge is 0.458 e. The molecule has 0 aliphatic carbocycles. The van der Waals surface area contributed by atoms with E-state index in [0.29, 0.717) is 31.4 Å². The third kappa shape index (κ3) is 16.4. The van der Waals surface area contributed by atoms with E-state index >= 15 is 0 Å². The van der Waals surface area contributed by atoms with Crippen molar-refractivity contribution in [2.75, 3.05) is 6.61 Å². The second-order valence-corrected chi connectivity index (χ2v) is 43.7. The molecule has 2 heterocycles. The topological polar surface area (TPSA) is 102 Å². The molecule has 0 bridgehead atoms. The highest BCUT2D eigenvalue weighted by Crippen LogP contribution is 2.47. The van der Waals surface area contributed by atoms with Crippen molar-refractivity contribution in [2.24, 2.45) is 0 Å². The zero-order chi connectivity index (χ0) is 49.4. The highest BCUT2D eigenvalue weighted by Gasteiger charge is 2.58. The Kier molecular flexibility index (Phi) is 21.5. The number of carbonyl (C=O) groups excluding carboxylic acids is 1. The summed E-state index contributed by atoms with van der Waals surface area (Å²) in [4.78, 5) is 13.1. The van der Waals surface area contributed by atoms with Gasteiger partial charge in [-0.1, -0.05) is 136 Å². The van der Waals surface area contributed by atoms with Gasteiger partial charge in [0.05, 0.1) is 30.0 Å². The molecule has 3 unspecified atom stereocenters. The van der Waals surface area contributed by atoms with E-state index < -0.39 is 75.9 Å². The average molecular weight is 1040 g/mol. The molecule has 2 aliphatic rings. The molecule has 2 fully saturated rings. The maximum absolute atomic E-state index is 13.1. The molecule has 9 atom stereocenters. The molecule has 2 aliphatic heterocycles. The number of hydrogen-bond donors (Lipinski definition) is 1. The van der Waals surface area contributed by atoms with Gasteiger partial charge in [-0.05, 0) is 121 Å². The van der Waals surface area contributed by atoms with Gasteiger partial charge in [0.2, 0.25) is 0 Å². The first-order chi connectivity index (χ1) is 29.8. The number of hydrogen-bond acceptors (Lipinski definition) is 9. The number of benzene rings is 1. The van der Waals surface area contributed by atoms with Gasteiger partial charge in [0.15, 0.2) is 33.3 Å². The Balaban J connectivity index is 2.11. The van der Waals surface area contributed by atoms with Crippen LogP contribution >= 0.6 is 15.9 Å². The van der Waals surface area contributed by atoms with E-state index in [2.05, 4.69) is 145 Å². The van der Waals surface area contributed by atoms with Crippen LogP contribution in [0, 0.1) is 0 Å². The lowest BCUT2D eigenvalue weighted by Gasteiger charge is -2.56. The Labute approximate surface area is 409 Å². The molecule has 1 N–H and O–H groups in total. The van der Waals surface area contributed by atoms with Crippen molar-refractivity contribution < 1.29 is 41.8 Å². The summed E-state index contributed by atoms with van der Waals surface area (Å²) < 4.78 is 50.8. The second kappa shape index (κ2) is 23.9. The molecular weight excluding hydrogens is 949 g/mol. The Bertz CT molecular complexity index is 1660. The predicted molar refractivity (Wildman–Crippen MR) is 283 cm³/mol. The van der Waals surface area contributed by atoms with Crippen LogP contribution in [0.1, 0.15) is 132 Å². The first-order valence-corrected chi connectivity index (χ1v) is 36.8. The molecule has 0 saturated carbocycles. The maximum atomic E-state index is 13.1. The molecule has 2 saturated heterocycles. The number of aliphatic hydroxyl groups is 1. The molecule has 0 aromatic heterocycles. The molecule has 9 nitrogen and oxygen atoms in total. The summed E-state index contributed by atoms with van der Waals surface area (Å²) in [7, 11) is -9.09. The summed E-state index contributed by atoms with van der Waals surface area (Å²) in [5, 5.41) is 11.4. The predicted octanol–water partition coefficient (Wildman–Crippen LogP) is 14.1. The van der Waals surface area contributed by atoms with Crippen LogP contribution in [-0.4, -0.2) is 106 Å². The van der Waals surface area contributed by atoms with Gasteiger partial charge >= 0.3 is 5.97 Å². The van der Waals surface area contributed by atoms with E-state index in [1.165, 1.54) is 0 Å².